The van der Waals surface area contributed by atoms with Crippen LogP contribution in [0.15, 0.2) is 0 Å². The molecule has 62 valence electrons. The van der Waals surface area contributed by atoms with Crippen LogP contribution in [0.1, 0.15) is 26.2 Å². The van der Waals surface area contributed by atoms with E-state index >= 15 is 0 Å². The quantitative estimate of drug-likeness (QED) is 0.644. The minimum Gasteiger partial charge on any atom is -0.349 e. The van der Waals surface area contributed by atoms with Gasteiger partial charge in [0.15, 0.2) is 0 Å². The molecule has 0 aromatic heterocycles. The first-order valence-corrected chi connectivity index (χ1v) is 3.97. The highest BCUT2D eigenvalue weighted by Gasteiger charge is 2.24. The highest BCUT2D eigenvalue weighted by Crippen LogP contribution is 2.25. The largest absolute Gasteiger partial charge is 0.349 e. The molecule has 11 heavy (non-hydrogen) atoms. The number of carbonyl (C=O) groups is 2. The zero-order valence-corrected chi connectivity index (χ0v) is 6.72. The molecule has 0 radical (unpaired) electrons. The lowest BCUT2D eigenvalue weighted by Crippen LogP contribution is -2.36. The summed E-state index contributed by atoms with van der Waals surface area (Å²) in [5.74, 6) is 0.249. The number of nitrogens with one attached hydrogen (secondary N) is 1. The number of ketones is 1. The SMILES string of the molecule is CC(=O)CNC(=O)C1CCC1. The Morgan fingerprint density at radius 1 is 1.45 bits per heavy atom. The van der Waals surface area contributed by atoms with E-state index in [1.807, 2.05) is 0 Å². The van der Waals surface area contributed by atoms with E-state index in [1.54, 1.807) is 0 Å². The summed E-state index contributed by atoms with van der Waals surface area (Å²) in [5, 5.41) is 2.60. The second-order valence-electron chi connectivity index (χ2n) is 3.05. The third-order valence-corrected chi connectivity index (χ3v) is 1.99. The predicted molar refractivity (Wildman–Crippen MR) is 41.0 cm³/mol. The highest BCUT2D eigenvalue weighted by molar-refractivity contribution is 5.85. The van der Waals surface area contributed by atoms with Crippen molar-refractivity contribution < 1.29 is 9.59 Å². The average molecular weight is 155 g/mol. The van der Waals surface area contributed by atoms with E-state index in [9.17, 15) is 9.59 Å². The molecule has 1 N–H and O–H groups in total. The predicted octanol–water partition coefficient (Wildman–Crippen LogP) is 0.492. The molecule has 3 heteroatoms. The molecule has 1 aliphatic carbocycles. The third-order valence-electron chi connectivity index (χ3n) is 1.99. The summed E-state index contributed by atoms with van der Waals surface area (Å²) in [6, 6.07) is 0. The molecule has 1 aliphatic rings. The fourth-order valence-electron chi connectivity index (χ4n) is 1.03. The molecule has 0 aromatic rings. The maximum absolute atomic E-state index is 11.1. The fourth-order valence-corrected chi connectivity index (χ4v) is 1.03. The van der Waals surface area contributed by atoms with Crippen molar-refractivity contribution in [3.63, 3.8) is 0 Å². The summed E-state index contributed by atoms with van der Waals surface area (Å²) in [5.41, 5.74) is 0. The summed E-state index contributed by atoms with van der Waals surface area (Å²) in [7, 11) is 0. The molecular weight excluding hydrogens is 142 g/mol. The van der Waals surface area contributed by atoms with Gasteiger partial charge in [-0.15, -0.1) is 0 Å². The van der Waals surface area contributed by atoms with Crippen molar-refractivity contribution in [1.29, 1.82) is 0 Å². The van der Waals surface area contributed by atoms with Gasteiger partial charge in [0.1, 0.15) is 5.78 Å². The van der Waals surface area contributed by atoms with Crippen LogP contribution in [-0.2, 0) is 9.59 Å². The van der Waals surface area contributed by atoms with Gasteiger partial charge in [0.25, 0.3) is 0 Å². The first-order valence-electron chi connectivity index (χ1n) is 3.97. The van der Waals surface area contributed by atoms with Crippen LogP contribution in [0.4, 0.5) is 0 Å². The molecule has 0 saturated heterocycles. The molecule has 0 heterocycles. The Hall–Kier alpha value is -0.860. The molecule has 0 spiro atoms. The van der Waals surface area contributed by atoms with Crippen LogP contribution >= 0.6 is 0 Å². The van der Waals surface area contributed by atoms with Crippen LogP contribution in [-0.4, -0.2) is 18.2 Å². The third kappa shape index (κ3) is 2.33. The standard InChI is InChI=1S/C8H13NO2/c1-6(10)5-9-8(11)7-3-2-4-7/h7H,2-5H2,1H3,(H,9,11). The minimum absolute atomic E-state index is 0.0117. The Balaban J connectivity index is 2.15. The van der Waals surface area contributed by atoms with Gasteiger partial charge in [-0.2, -0.15) is 0 Å². The van der Waals surface area contributed by atoms with Crippen LogP contribution in [0.3, 0.4) is 0 Å². The zero-order valence-electron chi connectivity index (χ0n) is 6.72. The second-order valence-corrected chi connectivity index (χ2v) is 3.05. The normalized spacial score (nSPS) is 17.2. The lowest BCUT2D eigenvalue weighted by molar-refractivity contribution is -0.129. The van der Waals surface area contributed by atoms with Gasteiger partial charge < -0.3 is 5.32 Å². The first kappa shape index (κ1) is 8.24. The van der Waals surface area contributed by atoms with E-state index in [1.165, 1.54) is 6.92 Å². The van der Waals surface area contributed by atoms with Crippen LogP contribution in [0, 0.1) is 5.92 Å². The second kappa shape index (κ2) is 3.51. The average Bonchev–Trinajstić information content (AvgIpc) is 1.79. The lowest BCUT2D eigenvalue weighted by Gasteiger charge is -2.23. The molecule has 1 saturated carbocycles. The Morgan fingerprint density at radius 3 is 2.45 bits per heavy atom. The van der Waals surface area contributed by atoms with Gasteiger partial charge in [0, 0.05) is 5.92 Å². The fraction of sp³-hybridized carbons (Fsp3) is 0.750. The van der Waals surface area contributed by atoms with Gasteiger partial charge in [-0.05, 0) is 19.8 Å². The zero-order chi connectivity index (χ0) is 8.27. The maximum atomic E-state index is 11.1. The van der Waals surface area contributed by atoms with Gasteiger partial charge in [-0.1, -0.05) is 6.42 Å². The highest BCUT2D eigenvalue weighted by atomic mass is 16.2. The van der Waals surface area contributed by atoms with E-state index in [-0.39, 0.29) is 24.2 Å². The Bertz CT molecular complexity index is 173. The summed E-state index contributed by atoms with van der Waals surface area (Å²) >= 11 is 0. The lowest BCUT2D eigenvalue weighted by atomic mass is 9.85. The van der Waals surface area contributed by atoms with Crippen molar-refractivity contribution in [2.75, 3.05) is 6.54 Å². The van der Waals surface area contributed by atoms with Crippen molar-refractivity contribution in [1.82, 2.24) is 5.32 Å². The van der Waals surface area contributed by atoms with Crippen molar-refractivity contribution in [2.45, 2.75) is 26.2 Å². The minimum atomic E-state index is 0.0117. The Kier molecular flexibility index (Phi) is 2.63. The van der Waals surface area contributed by atoms with E-state index in [4.69, 9.17) is 0 Å². The van der Waals surface area contributed by atoms with E-state index in [0.717, 1.165) is 19.3 Å². The molecular formula is C8H13NO2. The van der Waals surface area contributed by atoms with Crippen molar-refractivity contribution in [2.24, 2.45) is 5.92 Å². The van der Waals surface area contributed by atoms with E-state index < -0.39 is 0 Å². The summed E-state index contributed by atoms with van der Waals surface area (Å²) in [6.45, 7) is 1.66. The smallest absolute Gasteiger partial charge is 0.223 e. The number of hydrogen-bond acceptors (Lipinski definition) is 2. The number of Topliss-reactive ketones (excluding diaryl/α,β-unsaturated/α-hetero) is 1. The topological polar surface area (TPSA) is 46.2 Å². The van der Waals surface area contributed by atoms with Gasteiger partial charge in [0.05, 0.1) is 6.54 Å². The molecule has 0 atom stereocenters. The summed E-state index contributed by atoms with van der Waals surface area (Å²) in [4.78, 5) is 21.5. The summed E-state index contributed by atoms with van der Waals surface area (Å²) in [6.07, 6.45) is 3.13. The number of hydrogen-bond donors (Lipinski definition) is 1. The number of carbonyl (C=O) groups excluding carboxylic acids is 2. The van der Waals surface area contributed by atoms with Crippen LogP contribution in [0.25, 0.3) is 0 Å². The number of amides is 1. The van der Waals surface area contributed by atoms with Crippen molar-refractivity contribution in [3.8, 4) is 0 Å². The Labute approximate surface area is 66.2 Å². The van der Waals surface area contributed by atoms with Crippen LogP contribution in [0.2, 0.25) is 0 Å². The van der Waals surface area contributed by atoms with Gasteiger partial charge in [0.2, 0.25) is 5.91 Å². The Morgan fingerprint density at radius 2 is 2.09 bits per heavy atom. The van der Waals surface area contributed by atoms with E-state index in [2.05, 4.69) is 5.32 Å². The van der Waals surface area contributed by atoms with Gasteiger partial charge in [-0.3, -0.25) is 9.59 Å². The van der Waals surface area contributed by atoms with Gasteiger partial charge in [-0.25, -0.2) is 0 Å². The number of rotatable bonds is 3. The molecule has 0 bridgehead atoms. The molecule has 3 nitrogen and oxygen atoms in total. The monoisotopic (exact) mass is 155 g/mol. The molecule has 1 rings (SSSR count). The van der Waals surface area contributed by atoms with E-state index in [0.29, 0.717) is 0 Å². The molecule has 0 aromatic carbocycles. The molecule has 1 fully saturated rings. The van der Waals surface area contributed by atoms with Gasteiger partial charge >= 0.3 is 0 Å². The first-order chi connectivity index (χ1) is 5.20. The molecule has 0 aliphatic heterocycles. The summed E-state index contributed by atoms with van der Waals surface area (Å²) < 4.78 is 0. The molecule has 0 unspecified atom stereocenters. The van der Waals surface area contributed by atoms with Crippen molar-refractivity contribution >= 4 is 11.7 Å². The van der Waals surface area contributed by atoms with Crippen LogP contribution in [0.5, 0.6) is 0 Å². The maximum Gasteiger partial charge on any atom is 0.223 e. The van der Waals surface area contributed by atoms with Crippen LogP contribution < -0.4 is 5.32 Å². The molecule has 1 amide bonds. The van der Waals surface area contributed by atoms with Crippen molar-refractivity contribution in [3.05, 3.63) is 0 Å².